The molecular weight excluding hydrogens is 340 g/mol. The fraction of sp³-hybridized carbons (Fsp3) is 0.250. The summed E-state index contributed by atoms with van der Waals surface area (Å²) in [6.07, 6.45) is 0. The topological polar surface area (TPSA) is 21.3 Å². The van der Waals surface area contributed by atoms with E-state index < -0.39 is 12.5 Å². The van der Waals surface area contributed by atoms with Crippen LogP contribution in [0.3, 0.4) is 0 Å². The van der Waals surface area contributed by atoms with Crippen molar-refractivity contribution >= 4 is 21.6 Å². The van der Waals surface area contributed by atoms with Gasteiger partial charge in [-0.1, -0.05) is 52.3 Å². The second-order valence-electron chi connectivity index (χ2n) is 4.62. The van der Waals surface area contributed by atoms with Crippen LogP contribution < -0.4 is 5.32 Å². The molecule has 5 heteroatoms. The van der Waals surface area contributed by atoms with E-state index in [0.717, 1.165) is 10.0 Å². The first-order valence-electron chi connectivity index (χ1n) is 6.48. The highest BCUT2D eigenvalue weighted by molar-refractivity contribution is 9.10. The molecule has 112 valence electrons. The minimum absolute atomic E-state index is 0.000730. The van der Waals surface area contributed by atoms with Crippen LogP contribution in [0.15, 0.2) is 53.0 Å². The van der Waals surface area contributed by atoms with Gasteiger partial charge in [-0.15, -0.1) is 0 Å². The largest absolute Gasteiger partial charge is 0.380 e. The highest BCUT2D eigenvalue weighted by Gasteiger charge is 2.31. The van der Waals surface area contributed by atoms with Crippen LogP contribution in [-0.4, -0.2) is 13.7 Å². The average molecular weight is 356 g/mol. The zero-order valence-electron chi connectivity index (χ0n) is 11.6. The summed E-state index contributed by atoms with van der Waals surface area (Å²) in [7, 11) is 1.57. The average Bonchev–Trinajstić information content (AvgIpc) is 2.49. The molecule has 0 heterocycles. The Bertz CT molecular complexity index is 590. The fourth-order valence-corrected chi connectivity index (χ4v) is 2.49. The van der Waals surface area contributed by atoms with Gasteiger partial charge in [0, 0.05) is 28.4 Å². The molecule has 1 N–H and O–H groups in total. The Morgan fingerprint density at radius 1 is 1.10 bits per heavy atom. The molecule has 0 saturated carbocycles. The quantitative estimate of drug-likeness (QED) is 0.803. The molecule has 0 amide bonds. The van der Waals surface area contributed by atoms with Gasteiger partial charge >= 0.3 is 0 Å². The maximum Gasteiger partial charge on any atom is 0.290 e. The van der Waals surface area contributed by atoms with E-state index in [-0.39, 0.29) is 5.56 Å². The molecule has 0 atom stereocenters. The fourth-order valence-electron chi connectivity index (χ4n) is 2.01. The monoisotopic (exact) mass is 355 g/mol. The molecule has 0 aliphatic rings. The zero-order chi connectivity index (χ0) is 15.3. The number of benzene rings is 2. The number of ether oxygens (including phenoxy) is 1. The van der Waals surface area contributed by atoms with Gasteiger partial charge in [-0.25, -0.2) is 0 Å². The standard InChI is InChI=1S/C16H16BrF2NO/c1-21-10-13-14(17)8-5-9-15(13)20-11-16(18,19)12-6-3-2-4-7-12/h2-9,20H,10-11H2,1H3. The molecule has 0 spiro atoms. The van der Waals surface area contributed by atoms with Crippen molar-refractivity contribution in [2.24, 2.45) is 0 Å². The molecule has 0 fully saturated rings. The molecule has 0 unspecified atom stereocenters. The van der Waals surface area contributed by atoms with E-state index in [1.165, 1.54) is 12.1 Å². The third kappa shape index (κ3) is 4.02. The lowest BCUT2D eigenvalue weighted by Gasteiger charge is -2.20. The normalized spacial score (nSPS) is 11.4. The second kappa shape index (κ2) is 7.00. The lowest BCUT2D eigenvalue weighted by molar-refractivity contribution is 0.0106. The maximum absolute atomic E-state index is 14.2. The van der Waals surface area contributed by atoms with Gasteiger partial charge in [-0.3, -0.25) is 0 Å². The first kappa shape index (κ1) is 15.9. The van der Waals surface area contributed by atoms with E-state index in [4.69, 9.17) is 4.74 Å². The van der Waals surface area contributed by atoms with Crippen molar-refractivity contribution in [1.29, 1.82) is 0 Å². The van der Waals surface area contributed by atoms with Gasteiger partial charge in [0.05, 0.1) is 13.2 Å². The van der Waals surface area contributed by atoms with Crippen molar-refractivity contribution in [2.45, 2.75) is 12.5 Å². The molecular formula is C16H16BrF2NO. The summed E-state index contributed by atoms with van der Waals surface area (Å²) >= 11 is 3.41. The van der Waals surface area contributed by atoms with E-state index in [2.05, 4.69) is 21.2 Å². The lowest BCUT2D eigenvalue weighted by atomic mass is 10.1. The molecule has 0 radical (unpaired) electrons. The third-order valence-corrected chi connectivity index (χ3v) is 3.85. The summed E-state index contributed by atoms with van der Waals surface area (Å²) in [5.74, 6) is -2.94. The molecule has 2 aromatic rings. The SMILES string of the molecule is COCc1c(Br)cccc1NCC(F)(F)c1ccccc1. The Balaban J connectivity index is 2.14. The van der Waals surface area contributed by atoms with Crippen molar-refractivity contribution in [3.63, 3.8) is 0 Å². The van der Waals surface area contributed by atoms with Crippen LogP contribution in [0.25, 0.3) is 0 Å². The van der Waals surface area contributed by atoms with Crippen LogP contribution in [-0.2, 0) is 17.3 Å². The van der Waals surface area contributed by atoms with Gasteiger partial charge in [0.2, 0.25) is 0 Å². The van der Waals surface area contributed by atoms with Crippen LogP contribution in [0, 0.1) is 0 Å². The van der Waals surface area contributed by atoms with Crippen LogP contribution in [0.1, 0.15) is 11.1 Å². The number of rotatable bonds is 6. The number of hydrogen-bond donors (Lipinski definition) is 1. The molecule has 21 heavy (non-hydrogen) atoms. The summed E-state index contributed by atoms with van der Waals surface area (Å²) < 4.78 is 34.2. The molecule has 0 saturated heterocycles. The van der Waals surface area contributed by atoms with Crippen molar-refractivity contribution in [2.75, 3.05) is 19.0 Å². The Hall–Kier alpha value is -1.46. The Morgan fingerprint density at radius 2 is 1.81 bits per heavy atom. The van der Waals surface area contributed by atoms with E-state index in [0.29, 0.717) is 12.3 Å². The van der Waals surface area contributed by atoms with Gasteiger partial charge in [0.1, 0.15) is 0 Å². The van der Waals surface area contributed by atoms with E-state index in [1.807, 2.05) is 6.07 Å². The van der Waals surface area contributed by atoms with E-state index >= 15 is 0 Å². The number of halogens is 3. The van der Waals surface area contributed by atoms with Crippen molar-refractivity contribution in [3.8, 4) is 0 Å². The van der Waals surface area contributed by atoms with Gasteiger partial charge in [0.15, 0.2) is 0 Å². The van der Waals surface area contributed by atoms with Crippen LogP contribution in [0.2, 0.25) is 0 Å². The van der Waals surface area contributed by atoms with Gasteiger partial charge in [-0.05, 0) is 12.1 Å². The predicted molar refractivity (Wildman–Crippen MR) is 83.7 cm³/mol. The maximum atomic E-state index is 14.2. The number of anilines is 1. The zero-order valence-corrected chi connectivity index (χ0v) is 13.2. The number of alkyl halides is 2. The Labute approximate surface area is 131 Å². The van der Waals surface area contributed by atoms with Gasteiger partial charge in [-0.2, -0.15) is 8.78 Å². The molecule has 0 aliphatic heterocycles. The lowest BCUT2D eigenvalue weighted by Crippen LogP contribution is -2.25. The van der Waals surface area contributed by atoms with Gasteiger partial charge in [0.25, 0.3) is 5.92 Å². The number of nitrogens with one attached hydrogen (secondary N) is 1. The van der Waals surface area contributed by atoms with Crippen LogP contribution >= 0.6 is 15.9 Å². The smallest absolute Gasteiger partial charge is 0.290 e. The molecule has 2 rings (SSSR count). The van der Waals surface area contributed by atoms with Gasteiger partial charge < -0.3 is 10.1 Å². The summed E-state index contributed by atoms with van der Waals surface area (Å²) in [6.45, 7) is -0.120. The first-order chi connectivity index (χ1) is 10.0. The number of methoxy groups -OCH3 is 1. The molecule has 2 nitrogen and oxygen atoms in total. The summed E-state index contributed by atoms with van der Waals surface area (Å²) in [5, 5.41) is 2.82. The highest BCUT2D eigenvalue weighted by atomic mass is 79.9. The molecule has 2 aromatic carbocycles. The van der Waals surface area contributed by atoms with Crippen molar-refractivity contribution in [3.05, 3.63) is 64.1 Å². The predicted octanol–water partition coefficient (Wildman–Crippen LogP) is 4.80. The molecule has 0 aliphatic carbocycles. The second-order valence-corrected chi connectivity index (χ2v) is 5.48. The third-order valence-electron chi connectivity index (χ3n) is 3.10. The van der Waals surface area contributed by atoms with Crippen molar-refractivity contribution in [1.82, 2.24) is 0 Å². The first-order valence-corrected chi connectivity index (χ1v) is 7.27. The van der Waals surface area contributed by atoms with E-state index in [1.54, 1.807) is 37.4 Å². The minimum Gasteiger partial charge on any atom is -0.380 e. The number of hydrogen-bond acceptors (Lipinski definition) is 2. The summed E-state index contributed by atoms with van der Waals surface area (Å²) in [6, 6.07) is 13.2. The highest BCUT2D eigenvalue weighted by Crippen LogP contribution is 2.30. The Morgan fingerprint density at radius 3 is 2.48 bits per heavy atom. The van der Waals surface area contributed by atoms with Crippen LogP contribution in [0.5, 0.6) is 0 Å². The van der Waals surface area contributed by atoms with E-state index in [9.17, 15) is 8.78 Å². The summed E-state index contributed by atoms with van der Waals surface area (Å²) in [4.78, 5) is 0. The molecule has 0 bridgehead atoms. The summed E-state index contributed by atoms with van der Waals surface area (Å²) in [5.41, 5.74) is 1.46. The van der Waals surface area contributed by atoms with Crippen molar-refractivity contribution < 1.29 is 13.5 Å². The Kier molecular flexibility index (Phi) is 5.31. The van der Waals surface area contributed by atoms with Crippen LogP contribution in [0.4, 0.5) is 14.5 Å². The molecule has 0 aromatic heterocycles. The minimum atomic E-state index is -2.94.